The van der Waals surface area contributed by atoms with Gasteiger partial charge >= 0.3 is 12.2 Å². The molecule has 1 aromatic carbocycles. The fourth-order valence-corrected chi connectivity index (χ4v) is 5.43. The number of ether oxygens (including phenoxy) is 3. The summed E-state index contributed by atoms with van der Waals surface area (Å²) in [5.74, 6) is 0.0941. The van der Waals surface area contributed by atoms with E-state index in [0.29, 0.717) is 43.4 Å². The van der Waals surface area contributed by atoms with Crippen LogP contribution in [0.4, 0.5) is 35.4 Å². The molecule has 2 atom stereocenters. The van der Waals surface area contributed by atoms with E-state index in [2.05, 4.69) is 25.2 Å². The third kappa shape index (κ3) is 5.61. The maximum Gasteiger partial charge on any atom is 0.416 e. The van der Waals surface area contributed by atoms with Gasteiger partial charge in [0, 0.05) is 18.7 Å². The van der Waals surface area contributed by atoms with Gasteiger partial charge in [0.2, 0.25) is 5.95 Å². The number of benzene rings is 1. The SMILES string of the molecule is CC1(C)OC[C@H](COc2cnc(NC(=O)N3c4nc(-c5cccc(C(F)(F)F)c5)c(Cl)cc4N4CC[C@H]3C4)nc2)O1. The summed E-state index contributed by atoms with van der Waals surface area (Å²) in [6, 6.07) is 5.70. The lowest BCUT2D eigenvalue weighted by molar-refractivity contribution is -0.141. The summed E-state index contributed by atoms with van der Waals surface area (Å²) in [4.78, 5) is 30.1. The second-order valence-corrected chi connectivity index (χ2v) is 10.8. The second kappa shape index (κ2) is 10.3. The molecule has 2 bridgehead atoms. The molecular formula is C27H26ClF3N6O4. The zero-order chi connectivity index (χ0) is 28.9. The predicted octanol–water partition coefficient (Wildman–Crippen LogP) is 5.37. The normalized spacial score (nSPS) is 21.1. The van der Waals surface area contributed by atoms with Crippen molar-refractivity contribution in [1.29, 1.82) is 0 Å². The molecule has 0 radical (unpaired) electrons. The van der Waals surface area contributed by atoms with Gasteiger partial charge in [0.15, 0.2) is 17.4 Å². The van der Waals surface area contributed by atoms with E-state index in [-0.39, 0.29) is 41.0 Å². The molecular weight excluding hydrogens is 565 g/mol. The zero-order valence-corrected chi connectivity index (χ0v) is 22.9. The lowest BCUT2D eigenvalue weighted by Crippen LogP contribution is -2.48. The summed E-state index contributed by atoms with van der Waals surface area (Å²) in [7, 11) is 0. The summed E-state index contributed by atoms with van der Waals surface area (Å²) >= 11 is 6.52. The van der Waals surface area contributed by atoms with Crippen LogP contribution in [-0.4, -0.2) is 65.2 Å². The van der Waals surface area contributed by atoms with Crippen LogP contribution in [0.1, 0.15) is 25.8 Å². The quantitative estimate of drug-likeness (QED) is 0.423. The van der Waals surface area contributed by atoms with Gasteiger partial charge < -0.3 is 19.1 Å². The largest absolute Gasteiger partial charge is 0.488 e. The minimum atomic E-state index is -4.52. The Kier molecular flexibility index (Phi) is 6.91. The molecule has 0 spiro atoms. The Balaban J connectivity index is 1.21. The van der Waals surface area contributed by atoms with Gasteiger partial charge in [-0.25, -0.2) is 19.7 Å². The van der Waals surface area contributed by atoms with Crippen molar-refractivity contribution in [2.45, 2.75) is 44.4 Å². The van der Waals surface area contributed by atoms with Gasteiger partial charge in [0.25, 0.3) is 0 Å². The minimum Gasteiger partial charge on any atom is -0.488 e. The molecule has 0 unspecified atom stereocenters. The van der Waals surface area contributed by atoms with E-state index in [1.807, 2.05) is 13.8 Å². The molecule has 1 N–H and O–H groups in total. The first kappa shape index (κ1) is 27.5. The first-order valence-electron chi connectivity index (χ1n) is 13.0. The van der Waals surface area contributed by atoms with Crippen molar-refractivity contribution >= 4 is 35.1 Å². The van der Waals surface area contributed by atoms with E-state index in [4.69, 9.17) is 25.8 Å². The molecule has 5 heterocycles. The molecule has 3 aliphatic rings. The molecule has 2 aromatic heterocycles. The van der Waals surface area contributed by atoms with Gasteiger partial charge in [-0.15, -0.1) is 0 Å². The minimum absolute atomic E-state index is 0.0537. The number of carbonyl (C=O) groups excluding carboxylic acids is 1. The van der Waals surface area contributed by atoms with Crippen molar-refractivity contribution < 1.29 is 32.2 Å². The summed E-state index contributed by atoms with van der Waals surface area (Å²) < 4.78 is 57.0. The molecule has 6 rings (SSSR count). The number of nitrogens with one attached hydrogen (secondary N) is 1. The Morgan fingerprint density at radius 1 is 1.24 bits per heavy atom. The molecule has 0 saturated carbocycles. The van der Waals surface area contributed by atoms with Crippen LogP contribution >= 0.6 is 11.6 Å². The molecule has 216 valence electrons. The highest BCUT2D eigenvalue weighted by Crippen LogP contribution is 2.43. The molecule has 41 heavy (non-hydrogen) atoms. The molecule has 2 fully saturated rings. The van der Waals surface area contributed by atoms with Crippen molar-refractivity contribution in [3.63, 3.8) is 0 Å². The summed E-state index contributed by atoms with van der Waals surface area (Å²) in [5.41, 5.74) is 0.148. The molecule has 0 aliphatic carbocycles. The number of carbonyl (C=O) groups is 1. The highest BCUT2D eigenvalue weighted by molar-refractivity contribution is 6.33. The molecule has 10 nitrogen and oxygen atoms in total. The molecule has 2 saturated heterocycles. The summed E-state index contributed by atoms with van der Waals surface area (Å²) in [6.45, 7) is 5.56. The van der Waals surface area contributed by atoms with Crippen molar-refractivity contribution in [2.75, 3.05) is 41.4 Å². The first-order chi connectivity index (χ1) is 19.5. The van der Waals surface area contributed by atoms with Crippen molar-refractivity contribution in [3.05, 3.63) is 53.3 Å². The van der Waals surface area contributed by atoms with Gasteiger partial charge in [-0.3, -0.25) is 10.2 Å². The Labute approximate surface area is 238 Å². The number of urea groups is 1. The lowest BCUT2D eigenvalue weighted by atomic mass is 10.1. The molecule has 2 amide bonds. The topological polar surface area (TPSA) is 102 Å². The van der Waals surface area contributed by atoms with Crippen molar-refractivity contribution in [3.8, 4) is 17.0 Å². The number of rotatable bonds is 5. The lowest BCUT2D eigenvalue weighted by Gasteiger charge is -2.36. The fraction of sp³-hybridized carbons (Fsp3) is 0.407. The number of halogens is 4. The van der Waals surface area contributed by atoms with Crippen LogP contribution in [0.25, 0.3) is 11.3 Å². The molecule has 3 aromatic rings. The average Bonchev–Trinajstić information content (AvgIpc) is 3.51. The van der Waals surface area contributed by atoms with Crippen LogP contribution in [0.15, 0.2) is 42.7 Å². The third-order valence-electron chi connectivity index (χ3n) is 7.07. The molecule has 3 aliphatic heterocycles. The van der Waals surface area contributed by atoms with Gasteiger partial charge in [0.1, 0.15) is 12.7 Å². The third-order valence-corrected chi connectivity index (χ3v) is 7.35. The second-order valence-electron chi connectivity index (χ2n) is 10.4. The number of nitrogens with zero attached hydrogens (tertiary/aromatic N) is 5. The highest BCUT2D eigenvalue weighted by atomic mass is 35.5. The number of fused-ring (bicyclic) bond motifs is 4. The Morgan fingerprint density at radius 2 is 2.02 bits per heavy atom. The number of hydrogen-bond donors (Lipinski definition) is 1. The van der Waals surface area contributed by atoms with Gasteiger partial charge in [-0.05, 0) is 38.5 Å². The van der Waals surface area contributed by atoms with E-state index in [9.17, 15) is 18.0 Å². The van der Waals surface area contributed by atoms with Crippen LogP contribution in [0.5, 0.6) is 5.75 Å². The first-order valence-corrected chi connectivity index (χ1v) is 13.3. The fourth-order valence-electron chi connectivity index (χ4n) is 5.18. The van der Waals surface area contributed by atoms with Crippen LogP contribution < -0.4 is 19.9 Å². The number of anilines is 3. The van der Waals surface area contributed by atoms with Crippen molar-refractivity contribution in [1.82, 2.24) is 15.0 Å². The maximum atomic E-state index is 13.5. The maximum absolute atomic E-state index is 13.5. The van der Waals surface area contributed by atoms with Gasteiger partial charge in [0.05, 0.1) is 47.0 Å². The Bertz CT molecular complexity index is 1470. The zero-order valence-electron chi connectivity index (χ0n) is 22.1. The molecule has 14 heteroatoms. The van der Waals surface area contributed by atoms with Gasteiger partial charge in [-0.2, -0.15) is 13.2 Å². The van der Waals surface area contributed by atoms with E-state index < -0.39 is 23.6 Å². The average molecular weight is 591 g/mol. The number of hydrogen-bond acceptors (Lipinski definition) is 8. The van der Waals surface area contributed by atoms with E-state index >= 15 is 0 Å². The van der Waals surface area contributed by atoms with Crippen LogP contribution in [-0.2, 0) is 15.7 Å². The predicted molar refractivity (Wildman–Crippen MR) is 144 cm³/mol. The number of aromatic nitrogens is 3. The Morgan fingerprint density at radius 3 is 2.73 bits per heavy atom. The van der Waals surface area contributed by atoms with E-state index in [1.165, 1.54) is 29.4 Å². The highest BCUT2D eigenvalue weighted by Gasteiger charge is 2.41. The smallest absolute Gasteiger partial charge is 0.416 e. The van der Waals surface area contributed by atoms with Crippen LogP contribution in [0.2, 0.25) is 5.02 Å². The number of amides is 2. The van der Waals surface area contributed by atoms with Crippen molar-refractivity contribution in [2.24, 2.45) is 0 Å². The van der Waals surface area contributed by atoms with Crippen LogP contribution in [0, 0.1) is 0 Å². The van der Waals surface area contributed by atoms with E-state index in [1.54, 1.807) is 6.07 Å². The monoisotopic (exact) mass is 590 g/mol. The van der Waals surface area contributed by atoms with Gasteiger partial charge in [-0.1, -0.05) is 23.7 Å². The Hall–Kier alpha value is -3.68. The number of pyridine rings is 1. The summed E-state index contributed by atoms with van der Waals surface area (Å²) in [5, 5.41) is 2.88. The van der Waals surface area contributed by atoms with E-state index in [0.717, 1.165) is 12.1 Å². The standard InChI is InChI=1S/C27H26ClF3N6O4/c1-26(2)40-14-19(41-26)13-39-18-10-32-24(33-11-18)35-25(38)37-17-6-7-36(12-17)21-9-20(28)22(34-23(21)37)15-4-3-5-16(8-15)27(29,30)31/h3-5,8-11,17,19H,6-7,12-14H2,1-2H3,(H,32,33,35,38)/t17-,19-/m0/s1. The number of alkyl halides is 3. The van der Waals surface area contributed by atoms with Crippen LogP contribution in [0.3, 0.4) is 0 Å². The summed E-state index contributed by atoms with van der Waals surface area (Å²) in [6.07, 6.45) is -1.19.